The van der Waals surface area contributed by atoms with E-state index in [0.717, 1.165) is 5.56 Å². The van der Waals surface area contributed by atoms with Crippen LogP contribution in [0.4, 0.5) is 0 Å². The van der Waals surface area contributed by atoms with Crippen molar-refractivity contribution in [3.05, 3.63) is 42.0 Å². The molecule has 7 N–H and O–H groups in total. The van der Waals surface area contributed by atoms with Gasteiger partial charge in [0.2, 0.25) is 11.8 Å². The molecule has 2 amide bonds. The molecule has 0 fully saturated rings. The number of carbonyl (C=O) groups excluding carboxylic acids is 3. The SMILES string of the molecule is CC(C)C[C@H](N)C(=O)C(/C=C/c1ccccc1)(CC(C)C)[C@@H](C(=O)NO)[C@@H](CC(C)C)C(=O)NN. The Labute approximate surface area is 209 Å². The number of carbonyl (C=O) groups is 3. The van der Waals surface area contributed by atoms with Gasteiger partial charge >= 0.3 is 0 Å². The maximum absolute atomic E-state index is 14.2. The molecular formula is C27H44N4O4. The first kappa shape index (κ1) is 30.5. The van der Waals surface area contributed by atoms with E-state index in [9.17, 15) is 19.6 Å². The standard InChI is InChI=1S/C27H44N4O4/c1-17(2)14-21(25(33)30-29)23(26(34)31-35)27(16-19(5)6,24(32)22(28)15-18(3)4)13-12-20-10-8-7-9-11-20/h7-13,17-19,21-23,35H,14-16,28-29H2,1-6H3,(H,30,33)(H,31,34)/b13-12+/t21-,22+,23-,27?/m1/s1. The minimum atomic E-state index is -1.46. The van der Waals surface area contributed by atoms with Crippen LogP contribution in [0.1, 0.15) is 66.4 Å². The zero-order valence-corrected chi connectivity index (χ0v) is 22.0. The van der Waals surface area contributed by atoms with E-state index in [1.54, 1.807) is 17.6 Å². The van der Waals surface area contributed by atoms with E-state index in [-0.39, 0.29) is 36.4 Å². The van der Waals surface area contributed by atoms with E-state index in [2.05, 4.69) is 5.43 Å². The zero-order valence-electron chi connectivity index (χ0n) is 22.0. The van der Waals surface area contributed by atoms with Gasteiger partial charge in [-0.05, 0) is 42.6 Å². The number of benzene rings is 1. The average molecular weight is 489 g/mol. The summed E-state index contributed by atoms with van der Waals surface area (Å²) in [5.41, 5.74) is 9.69. The van der Waals surface area contributed by atoms with Crippen molar-refractivity contribution in [1.29, 1.82) is 0 Å². The molecule has 1 rings (SSSR count). The smallest absolute Gasteiger partial charge is 0.248 e. The highest BCUT2D eigenvalue weighted by Gasteiger charge is 2.53. The van der Waals surface area contributed by atoms with E-state index < -0.39 is 35.1 Å². The van der Waals surface area contributed by atoms with Gasteiger partial charge in [-0.2, -0.15) is 0 Å². The molecule has 0 saturated heterocycles. The zero-order chi connectivity index (χ0) is 26.8. The molecule has 0 bridgehead atoms. The van der Waals surface area contributed by atoms with Gasteiger partial charge in [-0.3, -0.25) is 25.0 Å². The summed E-state index contributed by atoms with van der Waals surface area (Å²) in [5, 5.41) is 9.76. The molecule has 0 radical (unpaired) electrons. The molecule has 0 aromatic heterocycles. The number of nitrogens with one attached hydrogen (secondary N) is 2. The topological polar surface area (TPSA) is 148 Å². The van der Waals surface area contributed by atoms with Gasteiger partial charge in [-0.25, -0.2) is 11.3 Å². The van der Waals surface area contributed by atoms with Crippen LogP contribution in [0.3, 0.4) is 0 Å². The Kier molecular flexibility index (Phi) is 12.3. The fourth-order valence-corrected chi connectivity index (χ4v) is 4.93. The van der Waals surface area contributed by atoms with Crippen molar-refractivity contribution in [2.75, 3.05) is 0 Å². The largest absolute Gasteiger partial charge is 0.321 e. The van der Waals surface area contributed by atoms with Crippen molar-refractivity contribution >= 4 is 23.7 Å². The van der Waals surface area contributed by atoms with E-state index in [4.69, 9.17) is 11.6 Å². The minimum Gasteiger partial charge on any atom is -0.321 e. The Hall–Kier alpha value is -2.55. The Morgan fingerprint density at radius 3 is 1.97 bits per heavy atom. The second kappa shape index (κ2) is 14.1. The van der Waals surface area contributed by atoms with Gasteiger partial charge in [-0.15, -0.1) is 0 Å². The Balaban J connectivity index is 3.95. The fraction of sp³-hybridized carbons (Fsp3) is 0.593. The van der Waals surface area contributed by atoms with E-state index in [1.807, 2.05) is 71.9 Å². The second-order valence-corrected chi connectivity index (χ2v) is 10.7. The van der Waals surface area contributed by atoms with Crippen molar-refractivity contribution in [1.82, 2.24) is 10.9 Å². The number of Topliss-reactive ketones (excluding diaryl/α,β-unsaturated/α-hetero) is 1. The van der Waals surface area contributed by atoms with Gasteiger partial charge in [0.05, 0.1) is 23.3 Å². The van der Waals surface area contributed by atoms with Crippen molar-refractivity contribution in [3.8, 4) is 0 Å². The molecular weight excluding hydrogens is 444 g/mol. The van der Waals surface area contributed by atoms with Crippen LogP contribution in [0.5, 0.6) is 0 Å². The van der Waals surface area contributed by atoms with Gasteiger partial charge in [0.15, 0.2) is 5.78 Å². The predicted molar refractivity (Wildman–Crippen MR) is 138 cm³/mol. The quantitative estimate of drug-likeness (QED) is 0.117. The van der Waals surface area contributed by atoms with E-state index >= 15 is 0 Å². The van der Waals surface area contributed by atoms with Crippen LogP contribution in [0, 0.1) is 35.0 Å². The van der Waals surface area contributed by atoms with Crippen molar-refractivity contribution in [2.24, 2.45) is 46.6 Å². The first-order chi connectivity index (χ1) is 16.4. The van der Waals surface area contributed by atoms with Crippen LogP contribution >= 0.6 is 0 Å². The van der Waals surface area contributed by atoms with Gasteiger partial charge < -0.3 is 5.73 Å². The lowest BCUT2D eigenvalue weighted by Gasteiger charge is -2.42. The maximum Gasteiger partial charge on any atom is 0.248 e. The normalized spacial score (nSPS) is 16.2. The second-order valence-electron chi connectivity index (χ2n) is 10.7. The van der Waals surface area contributed by atoms with Gasteiger partial charge in [0, 0.05) is 0 Å². The number of hydrogen-bond donors (Lipinski definition) is 5. The summed E-state index contributed by atoms with van der Waals surface area (Å²) in [5.74, 6) is 1.73. The van der Waals surface area contributed by atoms with Crippen molar-refractivity contribution in [2.45, 2.75) is 66.8 Å². The number of hydrogen-bond acceptors (Lipinski definition) is 6. The number of nitrogens with two attached hydrogens (primary N) is 2. The lowest BCUT2D eigenvalue weighted by molar-refractivity contribution is -0.151. The summed E-state index contributed by atoms with van der Waals surface area (Å²) in [6.07, 6.45) is 4.45. The molecule has 0 spiro atoms. The number of hydroxylamine groups is 1. The average Bonchev–Trinajstić information content (AvgIpc) is 2.80. The van der Waals surface area contributed by atoms with Crippen molar-refractivity contribution < 1.29 is 19.6 Å². The third kappa shape index (κ3) is 8.56. The molecule has 1 unspecified atom stereocenters. The van der Waals surface area contributed by atoms with E-state index in [0.29, 0.717) is 6.42 Å². The molecule has 4 atom stereocenters. The minimum absolute atomic E-state index is 0.0144. The number of hydrazine groups is 1. The lowest BCUT2D eigenvalue weighted by Crippen LogP contribution is -2.57. The molecule has 8 nitrogen and oxygen atoms in total. The van der Waals surface area contributed by atoms with Crippen LogP contribution in [-0.4, -0.2) is 28.8 Å². The molecule has 1 aromatic rings. The summed E-state index contributed by atoms with van der Waals surface area (Å²) in [6, 6.07) is 8.54. The summed E-state index contributed by atoms with van der Waals surface area (Å²) >= 11 is 0. The highest BCUT2D eigenvalue weighted by Crippen LogP contribution is 2.45. The van der Waals surface area contributed by atoms with E-state index in [1.165, 1.54) is 0 Å². The fourth-order valence-electron chi connectivity index (χ4n) is 4.93. The first-order valence-corrected chi connectivity index (χ1v) is 12.4. The van der Waals surface area contributed by atoms with Gasteiger partial charge in [0.1, 0.15) is 0 Å². The first-order valence-electron chi connectivity index (χ1n) is 12.4. The van der Waals surface area contributed by atoms with Crippen LogP contribution in [0.2, 0.25) is 0 Å². The molecule has 0 aliphatic rings. The van der Waals surface area contributed by atoms with Gasteiger partial charge in [-0.1, -0.05) is 84.0 Å². The van der Waals surface area contributed by atoms with Gasteiger partial charge in [0.25, 0.3) is 0 Å². The molecule has 8 heteroatoms. The Morgan fingerprint density at radius 1 is 0.943 bits per heavy atom. The number of ketones is 1. The summed E-state index contributed by atoms with van der Waals surface area (Å²) in [4.78, 5) is 40.6. The molecule has 35 heavy (non-hydrogen) atoms. The third-order valence-corrected chi connectivity index (χ3v) is 6.19. The summed E-state index contributed by atoms with van der Waals surface area (Å²) < 4.78 is 0. The molecule has 1 aromatic carbocycles. The summed E-state index contributed by atoms with van der Waals surface area (Å²) in [7, 11) is 0. The molecule has 0 saturated carbocycles. The number of allylic oxidation sites excluding steroid dienone is 1. The molecule has 196 valence electrons. The highest BCUT2D eigenvalue weighted by molar-refractivity contribution is 5.99. The van der Waals surface area contributed by atoms with Crippen LogP contribution in [0.15, 0.2) is 36.4 Å². The Morgan fingerprint density at radius 2 is 1.51 bits per heavy atom. The van der Waals surface area contributed by atoms with Crippen LogP contribution < -0.4 is 22.5 Å². The predicted octanol–water partition coefficient (Wildman–Crippen LogP) is 3.45. The highest BCUT2D eigenvalue weighted by atomic mass is 16.5. The summed E-state index contributed by atoms with van der Waals surface area (Å²) in [6.45, 7) is 11.7. The van der Waals surface area contributed by atoms with Crippen molar-refractivity contribution in [3.63, 3.8) is 0 Å². The molecule has 0 aliphatic heterocycles. The van der Waals surface area contributed by atoms with Crippen LogP contribution in [0.25, 0.3) is 6.08 Å². The lowest BCUT2D eigenvalue weighted by atomic mass is 9.59. The number of amides is 2. The monoisotopic (exact) mass is 488 g/mol. The third-order valence-electron chi connectivity index (χ3n) is 6.19. The Bertz CT molecular complexity index is 854. The van der Waals surface area contributed by atoms with Crippen LogP contribution in [-0.2, 0) is 14.4 Å². The molecule has 0 aliphatic carbocycles. The number of rotatable bonds is 14. The maximum atomic E-state index is 14.2. The molecule has 0 heterocycles.